The Labute approximate surface area is 179 Å². The highest BCUT2D eigenvalue weighted by molar-refractivity contribution is 5.78. The van der Waals surface area contributed by atoms with E-state index in [4.69, 9.17) is 4.74 Å². The number of ether oxygens (including phenoxy) is 1. The molecule has 5 rings (SSSR count). The van der Waals surface area contributed by atoms with E-state index in [9.17, 15) is 9.59 Å². The van der Waals surface area contributed by atoms with E-state index >= 15 is 0 Å². The first-order valence-electron chi connectivity index (χ1n) is 11.5. The van der Waals surface area contributed by atoms with Crippen LogP contribution in [-0.4, -0.2) is 37.2 Å². The lowest BCUT2D eigenvalue weighted by Gasteiger charge is -2.56. The molecule has 0 unspecified atom stereocenters. The molecule has 0 heterocycles. The highest BCUT2D eigenvalue weighted by Crippen LogP contribution is 2.55. The van der Waals surface area contributed by atoms with E-state index in [0.29, 0.717) is 26.1 Å². The quantitative estimate of drug-likeness (QED) is 0.542. The van der Waals surface area contributed by atoms with Crippen LogP contribution in [0.2, 0.25) is 0 Å². The predicted octanol–water partition coefficient (Wildman–Crippen LogP) is 3.54. The molecular weight excluding hydrogens is 378 g/mol. The van der Waals surface area contributed by atoms with Crippen molar-refractivity contribution < 1.29 is 14.3 Å². The average Bonchev–Trinajstić information content (AvgIpc) is 2.66. The molecule has 3 amide bonds. The SMILES string of the molecule is Cc1cccc(OCCCNC(=O)CCNC(=O)NC23CC4CC(CC(C4)C2)C3)c1. The van der Waals surface area contributed by atoms with E-state index in [1.807, 2.05) is 31.2 Å². The van der Waals surface area contributed by atoms with E-state index in [2.05, 4.69) is 16.0 Å². The van der Waals surface area contributed by atoms with Gasteiger partial charge in [0, 0.05) is 25.0 Å². The van der Waals surface area contributed by atoms with Crippen molar-refractivity contribution in [2.75, 3.05) is 19.7 Å². The first-order valence-corrected chi connectivity index (χ1v) is 11.5. The Hall–Kier alpha value is -2.24. The van der Waals surface area contributed by atoms with Crippen molar-refractivity contribution in [1.82, 2.24) is 16.0 Å². The number of carbonyl (C=O) groups excluding carboxylic acids is 2. The molecular formula is C24H35N3O3. The van der Waals surface area contributed by atoms with Crippen molar-refractivity contribution >= 4 is 11.9 Å². The molecule has 1 aromatic rings. The molecule has 0 aromatic heterocycles. The number of rotatable bonds is 9. The van der Waals surface area contributed by atoms with Crippen molar-refractivity contribution in [3.05, 3.63) is 29.8 Å². The summed E-state index contributed by atoms with van der Waals surface area (Å²) in [4.78, 5) is 24.4. The standard InChI is InChI=1S/C24H35N3O3/c1-17-4-2-5-21(10-17)30-9-3-7-25-22(28)6-8-26-23(29)27-24-14-18-11-19(15-24)13-20(12-18)16-24/h2,4-5,10,18-20H,3,6-9,11-16H2,1H3,(H,25,28)(H2,26,27,29). The van der Waals surface area contributed by atoms with Crippen LogP contribution in [0.5, 0.6) is 5.75 Å². The van der Waals surface area contributed by atoms with Crippen molar-refractivity contribution in [2.45, 2.75) is 63.8 Å². The van der Waals surface area contributed by atoms with Gasteiger partial charge in [-0.25, -0.2) is 4.79 Å². The summed E-state index contributed by atoms with van der Waals surface area (Å²) in [5, 5.41) is 9.05. The minimum absolute atomic E-state index is 0.0123. The molecule has 30 heavy (non-hydrogen) atoms. The summed E-state index contributed by atoms with van der Waals surface area (Å²) in [5.74, 6) is 3.22. The van der Waals surface area contributed by atoms with Crippen LogP contribution in [0.1, 0.15) is 56.9 Å². The zero-order valence-corrected chi connectivity index (χ0v) is 18.0. The Balaban J connectivity index is 1.07. The third-order valence-corrected chi connectivity index (χ3v) is 6.96. The Morgan fingerprint density at radius 2 is 1.73 bits per heavy atom. The number of carbonyl (C=O) groups is 2. The zero-order valence-electron chi connectivity index (χ0n) is 18.0. The Morgan fingerprint density at radius 1 is 1.03 bits per heavy atom. The molecule has 0 atom stereocenters. The highest BCUT2D eigenvalue weighted by atomic mass is 16.5. The number of hydrogen-bond acceptors (Lipinski definition) is 3. The molecule has 4 bridgehead atoms. The van der Waals surface area contributed by atoms with Crippen LogP contribution in [0, 0.1) is 24.7 Å². The number of hydrogen-bond donors (Lipinski definition) is 3. The second kappa shape index (κ2) is 9.27. The van der Waals surface area contributed by atoms with Gasteiger partial charge in [-0.1, -0.05) is 12.1 Å². The Bertz CT molecular complexity index is 729. The summed E-state index contributed by atoms with van der Waals surface area (Å²) in [7, 11) is 0. The van der Waals surface area contributed by atoms with E-state index in [1.54, 1.807) is 0 Å². The van der Waals surface area contributed by atoms with Crippen molar-refractivity contribution in [3.8, 4) is 5.75 Å². The summed E-state index contributed by atoms with van der Waals surface area (Å²) in [6, 6.07) is 7.82. The highest BCUT2D eigenvalue weighted by Gasteiger charge is 2.51. The molecule has 0 radical (unpaired) electrons. The van der Waals surface area contributed by atoms with Gasteiger partial charge in [-0.2, -0.15) is 0 Å². The molecule has 0 aliphatic heterocycles. The number of aryl methyl sites for hydroxylation is 1. The molecule has 6 nitrogen and oxygen atoms in total. The fourth-order valence-electron chi connectivity index (χ4n) is 6.12. The predicted molar refractivity (Wildman–Crippen MR) is 116 cm³/mol. The maximum absolute atomic E-state index is 12.4. The lowest BCUT2D eigenvalue weighted by Crippen LogP contribution is -2.61. The number of nitrogens with one attached hydrogen (secondary N) is 3. The van der Waals surface area contributed by atoms with Crippen molar-refractivity contribution in [3.63, 3.8) is 0 Å². The second-order valence-corrected chi connectivity index (χ2v) is 9.70. The monoisotopic (exact) mass is 413 g/mol. The van der Waals surface area contributed by atoms with Crippen LogP contribution < -0.4 is 20.7 Å². The average molecular weight is 414 g/mol. The topological polar surface area (TPSA) is 79.5 Å². The fourth-order valence-corrected chi connectivity index (χ4v) is 6.12. The molecule has 0 saturated heterocycles. The smallest absolute Gasteiger partial charge is 0.315 e. The van der Waals surface area contributed by atoms with Gasteiger partial charge in [0.05, 0.1) is 6.61 Å². The lowest BCUT2D eigenvalue weighted by molar-refractivity contribution is -0.120. The van der Waals surface area contributed by atoms with Crippen molar-refractivity contribution in [1.29, 1.82) is 0 Å². The fraction of sp³-hybridized carbons (Fsp3) is 0.667. The van der Waals surface area contributed by atoms with Gasteiger partial charge in [0.25, 0.3) is 0 Å². The molecule has 4 aliphatic carbocycles. The maximum atomic E-state index is 12.4. The van der Waals surface area contributed by atoms with Gasteiger partial charge >= 0.3 is 6.03 Å². The third kappa shape index (κ3) is 5.46. The summed E-state index contributed by atoms with van der Waals surface area (Å²) in [6.07, 6.45) is 8.54. The largest absolute Gasteiger partial charge is 0.494 e. The van der Waals surface area contributed by atoms with Crippen LogP contribution in [-0.2, 0) is 4.79 Å². The van der Waals surface area contributed by atoms with Gasteiger partial charge in [-0.15, -0.1) is 0 Å². The number of amides is 3. The van der Waals surface area contributed by atoms with Gasteiger partial charge in [-0.3, -0.25) is 4.79 Å². The number of urea groups is 1. The molecule has 3 N–H and O–H groups in total. The lowest BCUT2D eigenvalue weighted by atomic mass is 9.53. The van der Waals surface area contributed by atoms with E-state index < -0.39 is 0 Å². The van der Waals surface area contributed by atoms with Crippen molar-refractivity contribution in [2.24, 2.45) is 17.8 Å². The molecule has 4 fully saturated rings. The minimum atomic E-state index is -0.115. The zero-order chi connectivity index (χ0) is 21.0. The van der Waals surface area contributed by atoms with Crippen LogP contribution >= 0.6 is 0 Å². The summed E-state index contributed by atoms with van der Waals surface area (Å²) in [5.41, 5.74) is 1.18. The first-order chi connectivity index (χ1) is 14.5. The molecule has 0 spiro atoms. The van der Waals surface area contributed by atoms with Crippen LogP contribution in [0.3, 0.4) is 0 Å². The Kier molecular flexibility index (Phi) is 6.49. The van der Waals surface area contributed by atoms with E-state index in [0.717, 1.165) is 49.2 Å². The molecule has 4 aliphatic rings. The molecule has 1 aromatic carbocycles. The number of benzene rings is 1. The first kappa shape index (κ1) is 21.0. The molecule has 6 heteroatoms. The maximum Gasteiger partial charge on any atom is 0.315 e. The van der Waals surface area contributed by atoms with Gasteiger partial charge in [0.1, 0.15) is 5.75 Å². The van der Waals surface area contributed by atoms with Crippen LogP contribution in [0.15, 0.2) is 24.3 Å². The van der Waals surface area contributed by atoms with Crippen LogP contribution in [0.25, 0.3) is 0 Å². The Morgan fingerprint density at radius 3 is 2.40 bits per heavy atom. The molecule has 164 valence electrons. The third-order valence-electron chi connectivity index (χ3n) is 6.96. The van der Waals surface area contributed by atoms with Crippen LogP contribution in [0.4, 0.5) is 4.79 Å². The minimum Gasteiger partial charge on any atom is -0.494 e. The van der Waals surface area contributed by atoms with Gasteiger partial charge in [-0.05, 0) is 87.3 Å². The summed E-state index contributed by atoms with van der Waals surface area (Å²) in [6.45, 7) is 3.54. The summed E-state index contributed by atoms with van der Waals surface area (Å²) < 4.78 is 5.68. The van der Waals surface area contributed by atoms with Gasteiger partial charge in [0.15, 0.2) is 0 Å². The second-order valence-electron chi connectivity index (χ2n) is 9.70. The van der Waals surface area contributed by atoms with E-state index in [-0.39, 0.29) is 17.5 Å². The molecule has 4 saturated carbocycles. The van der Waals surface area contributed by atoms with Gasteiger partial charge < -0.3 is 20.7 Å². The van der Waals surface area contributed by atoms with Gasteiger partial charge in [0.2, 0.25) is 5.91 Å². The normalized spacial score (nSPS) is 28.8. The van der Waals surface area contributed by atoms with E-state index in [1.165, 1.54) is 24.8 Å². The summed E-state index contributed by atoms with van der Waals surface area (Å²) >= 11 is 0.